The van der Waals surface area contributed by atoms with E-state index in [2.05, 4.69) is 18.2 Å². The molecule has 1 saturated carbocycles. The second-order valence-electron chi connectivity index (χ2n) is 3.92. The first-order chi connectivity index (χ1) is 6.15. The fourth-order valence-electron chi connectivity index (χ4n) is 2.23. The van der Waals surface area contributed by atoms with Crippen molar-refractivity contribution in [3.8, 4) is 0 Å². The number of methoxy groups -OCH3 is 1. The molecule has 0 radical (unpaired) electrons. The first kappa shape index (κ1) is 10.3. The summed E-state index contributed by atoms with van der Waals surface area (Å²) in [5.74, 6) is 0.933. The first-order valence-corrected chi connectivity index (χ1v) is 4.87. The molecule has 2 heteroatoms. The van der Waals surface area contributed by atoms with Gasteiger partial charge in [-0.1, -0.05) is 18.6 Å². The first-order valence-electron chi connectivity index (χ1n) is 4.87. The van der Waals surface area contributed by atoms with E-state index in [1.54, 1.807) is 0 Å². The molecule has 0 aromatic rings. The van der Waals surface area contributed by atoms with Gasteiger partial charge >= 0.3 is 5.97 Å². The highest BCUT2D eigenvalue weighted by Gasteiger charge is 2.29. The third kappa shape index (κ3) is 2.58. The number of allylic oxidation sites excluding steroid dienone is 1. The molecule has 0 spiro atoms. The molecule has 1 aliphatic rings. The minimum absolute atomic E-state index is 0.0850. The predicted molar refractivity (Wildman–Crippen MR) is 52.3 cm³/mol. The summed E-state index contributed by atoms with van der Waals surface area (Å²) in [4.78, 5) is 11.1. The van der Waals surface area contributed by atoms with Crippen LogP contribution in [-0.2, 0) is 9.53 Å². The van der Waals surface area contributed by atoms with Gasteiger partial charge in [0.2, 0.25) is 0 Å². The fraction of sp³-hybridized carbons (Fsp3) is 0.727. The van der Waals surface area contributed by atoms with Crippen LogP contribution in [0.5, 0.6) is 0 Å². The van der Waals surface area contributed by atoms with Gasteiger partial charge in [0.1, 0.15) is 0 Å². The van der Waals surface area contributed by atoms with E-state index in [4.69, 9.17) is 0 Å². The number of esters is 1. The summed E-state index contributed by atoms with van der Waals surface area (Å²) >= 11 is 0. The van der Waals surface area contributed by atoms with E-state index in [1.165, 1.54) is 25.5 Å². The monoisotopic (exact) mass is 182 g/mol. The van der Waals surface area contributed by atoms with Crippen LogP contribution in [0.15, 0.2) is 12.2 Å². The molecular formula is C11H18O2. The molecule has 0 heterocycles. The van der Waals surface area contributed by atoms with Crippen LogP contribution in [0.25, 0.3) is 0 Å². The highest BCUT2D eigenvalue weighted by atomic mass is 16.5. The average Bonchev–Trinajstić information content (AvgIpc) is 2.52. The molecule has 1 rings (SSSR count). The Morgan fingerprint density at radius 1 is 1.54 bits per heavy atom. The highest BCUT2D eigenvalue weighted by Crippen LogP contribution is 2.38. The second-order valence-corrected chi connectivity index (χ2v) is 3.92. The van der Waals surface area contributed by atoms with Crippen LogP contribution in [0.4, 0.5) is 0 Å². The number of hydrogen-bond donors (Lipinski definition) is 0. The zero-order chi connectivity index (χ0) is 9.84. The molecule has 0 saturated heterocycles. The number of carbonyl (C=O) groups is 1. The Bertz CT molecular complexity index is 208. The number of rotatable bonds is 3. The van der Waals surface area contributed by atoms with Crippen LogP contribution in [0, 0.1) is 11.8 Å². The maximum absolute atomic E-state index is 11.1. The Morgan fingerprint density at radius 3 is 2.77 bits per heavy atom. The van der Waals surface area contributed by atoms with Crippen molar-refractivity contribution in [2.75, 3.05) is 7.11 Å². The molecule has 2 atom stereocenters. The van der Waals surface area contributed by atoms with Gasteiger partial charge < -0.3 is 4.74 Å². The quantitative estimate of drug-likeness (QED) is 0.495. The van der Waals surface area contributed by atoms with Crippen molar-refractivity contribution in [3.63, 3.8) is 0 Å². The Morgan fingerprint density at radius 2 is 2.23 bits per heavy atom. The minimum Gasteiger partial charge on any atom is -0.469 e. The third-order valence-corrected chi connectivity index (χ3v) is 2.95. The van der Waals surface area contributed by atoms with Crippen LogP contribution < -0.4 is 0 Å². The normalized spacial score (nSPS) is 27.2. The molecule has 1 fully saturated rings. The Balaban J connectivity index is 2.48. The maximum atomic E-state index is 11.1. The van der Waals surface area contributed by atoms with Crippen LogP contribution in [0.2, 0.25) is 0 Å². The molecule has 0 N–H and O–H groups in total. The SMILES string of the molecule is C=C(C)[C@@H]1CCC[C@@H]1CC(=O)OC. The molecule has 1 aliphatic carbocycles. The van der Waals surface area contributed by atoms with Gasteiger partial charge in [-0.3, -0.25) is 4.79 Å². The zero-order valence-corrected chi connectivity index (χ0v) is 8.51. The summed E-state index contributed by atoms with van der Waals surface area (Å²) in [5, 5.41) is 0. The Labute approximate surface area is 80.0 Å². The predicted octanol–water partition coefficient (Wildman–Crippen LogP) is 2.54. The van der Waals surface area contributed by atoms with Crippen LogP contribution in [-0.4, -0.2) is 13.1 Å². The smallest absolute Gasteiger partial charge is 0.305 e. The Hall–Kier alpha value is -0.790. The van der Waals surface area contributed by atoms with Gasteiger partial charge in [-0.05, 0) is 31.6 Å². The lowest BCUT2D eigenvalue weighted by molar-refractivity contribution is -0.141. The van der Waals surface area contributed by atoms with Gasteiger partial charge in [-0.15, -0.1) is 0 Å². The van der Waals surface area contributed by atoms with Crippen molar-refractivity contribution in [2.24, 2.45) is 11.8 Å². The van der Waals surface area contributed by atoms with Crippen LogP contribution in [0.3, 0.4) is 0 Å². The molecule has 0 aromatic carbocycles. The maximum Gasteiger partial charge on any atom is 0.305 e. The van der Waals surface area contributed by atoms with Crippen molar-refractivity contribution in [1.29, 1.82) is 0 Å². The summed E-state index contributed by atoms with van der Waals surface area (Å²) in [6, 6.07) is 0. The van der Waals surface area contributed by atoms with E-state index in [0.717, 1.165) is 6.42 Å². The molecular weight excluding hydrogens is 164 g/mol. The van der Waals surface area contributed by atoms with Gasteiger partial charge in [-0.25, -0.2) is 0 Å². The number of hydrogen-bond acceptors (Lipinski definition) is 2. The summed E-state index contributed by atoms with van der Waals surface area (Å²) in [7, 11) is 1.45. The van der Waals surface area contributed by atoms with Crippen molar-refractivity contribution in [3.05, 3.63) is 12.2 Å². The minimum atomic E-state index is -0.0850. The van der Waals surface area contributed by atoms with Crippen molar-refractivity contribution >= 4 is 5.97 Å². The van der Waals surface area contributed by atoms with Gasteiger partial charge in [0.25, 0.3) is 0 Å². The van der Waals surface area contributed by atoms with Crippen molar-refractivity contribution in [2.45, 2.75) is 32.6 Å². The van der Waals surface area contributed by atoms with Gasteiger partial charge in [0.05, 0.1) is 7.11 Å². The van der Waals surface area contributed by atoms with E-state index in [1.807, 2.05) is 0 Å². The molecule has 0 aliphatic heterocycles. The van der Waals surface area contributed by atoms with Crippen molar-refractivity contribution in [1.82, 2.24) is 0 Å². The second kappa shape index (κ2) is 4.45. The van der Waals surface area contributed by atoms with E-state index >= 15 is 0 Å². The van der Waals surface area contributed by atoms with Gasteiger partial charge in [0, 0.05) is 6.42 Å². The average molecular weight is 182 g/mol. The summed E-state index contributed by atoms with van der Waals surface area (Å²) in [5.41, 5.74) is 1.21. The molecule has 13 heavy (non-hydrogen) atoms. The molecule has 74 valence electrons. The number of ether oxygens (including phenoxy) is 1. The van der Waals surface area contributed by atoms with Crippen LogP contribution >= 0.6 is 0 Å². The van der Waals surface area contributed by atoms with Gasteiger partial charge in [0.15, 0.2) is 0 Å². The van der Waals surface area contributed by atoms with E-state index in [0.29, 0.717) is 18.3 Å². The molecule has 0 aromatic heterocycles. The summed E-state index contributed by atoms with van der Waals surface area (Å²) in [6.07, 6.45) is 4.12. The lowest BCUT2D eigenvalue weighted by Crippen LogP contribution is -2.14. The molecule has 0 unspecified atom stereocenters. The van der Waals surface area contributed by atoms with Crippen molar-refractivity contribution < 1.29 is 9.53 Å². The molecule has 0 amide bonds. The lowest BCUT2D eigenvalue weighted by Gasteiger charge is -2.18. The van der Waals surface area contributed by atoms with E-state index < -0.39 is 0 Å². The highest BCUT2D eigenvalue weighted by molar-refractivity contribution is 5.69. The standard InChI is InChI=1S/C11H18O2/c1-8(2)10-6-4-5-9(10)7-11(12)13-3/h9-10H,1,4-7H2,2-3H3/t9-,10+/m1/s1. The fourth-order valence-corrected chi connectivity index (χ4v) is 2.23. The summed E-state index contributed by atoms with van der Waals surface area (Å²) in [6.45, 7) is 6.02. The van der Waals surface area contributed by atoms with E-state index in [9.17, 15) is 4.79 Å². The van der Waals surface area contributed by atoms with E-state index in [-0.39, 0.29) is 5.97 Å². The summed E-state index contributed by atoms with van der Waals surface area (Å²) < 4.78 is 4.67. The van der Waals surface area contributed by atoms with Gasteiger partial charge in [-0.2, -0.15) is 0 Å². The largest absolute Gasteiger partial charge is 0.469 e. The Kier molecular flexibility index (Phi) is 3.52. The lowest BCUT2D eigenvalue weighted by atomic mass is 9.88. The molecule has 0 bridgehead atoms. The molecule has 2 nitrogen and oxygen atoms in total. The topological polar surface area (TPSA) is 26.3 Å². The number of carbonyl (C=O) groups excluding carboxylic acids is 1. The third-order valence-electron chi connectivity index (χ3n) is 2.95. The zero-order valence-electron chi connectivity index (χ0n) is 8.51. The van der Waals surface area contributed by atoms with Crippen LogP contribution in [0.1, 0.15) is 32.6 Å².